The largest absolute Gasteiger partial charge is 0.311 e. The first-order valence-electron chi connectivity index (χ1n) is 7.96. The molecule has 0 aliphatic carbocycles. The third-order valence-corrected chi connectivity index (χ3v) is 5.21. The molecule has 0 spiro atoms. The minimum absolute atomic E-state index is 0.0235. The van der Waals surface area contributed by atoms with Gasteiger partial charge in [-0.05, 0) is 18.6 Å². The van der Waals surface area contributed by atoms with Gasteiger partial charge >= 0.3 is 0 Å². The number of para-hydroxylation sites is 1. The highest BCUT2D eigenvalue weighted by atomic mass is 32.1. The second-order valence-corrected chi connectivity index (χ2v) is 7.29. The van der Waals surface area contributed by atoms with Crippen molar-refractivity contribution in [2.75, 3.05) is 16.8 Å². The fourth-order valence-electron chi connectivity index (χ4n) is 2.71. The molecule has 126 valence electrons. The number of hydrogen-bond donors (Lipinski definition) is 1. The summed E-state index contributed by atoms with van der Waals surface area (Å²) in [4.78, 5) is 26.5. The molecule has 1 atom stereocenters. The third kappa shape index (κ3) is 3.31. The summed E-state index contributed by atoms with van der Waals surface area (Å²) >= 11 is 1.38. The van der Waals surface area contributed by atoms with Crippen molar-refractivity contribution in [3.63, 3.8) is 0 Å². The van der Waals surface area contributed by atoms with Gasteiger partial charge in [-0.15, -0.1) is 10.2 Å². The minimum atomic E-state index is -0.372. The number of aryl methyl sites for hydroxylation is 1. The van der Waals surface area contributed by atoms with Crippen LogP contribution >= 0.6 is 11.3 Å². The van der Waals surface area contributed by atoms with Crippen LogP contribution in [-0.4, -0.2) is 28.6 Å². The summed E-state index contributed by atoms with van der Waals surface area (Å²) in [6, 6.07) is 7.71. The van der Waals surface area contributed by atoms with Crippen molar-refractivity contribution < 1.29 is 9.59 Å². The average molecular weight is 344 g/mol. The van der Waals surface area contributed by atoms with E-state index in [2.05, 4.69) is 15.5 Å². The van der Waals surface area contributed by atoms with Crippen LogP contribution in [0.1, 0.15) is 36.8 Å². The molecule has 24 heavy (non-hydrogen) atoms. The zero-order valence-corrected chi connectivity index (χ0v) is 14.8. The summed E-state index contributed by atoms with van der Waals surface area (Å²) in [5.74, 6) is -0.295. The molecule has 1 aliphatic heterocycles. The molecular formula is C17H20N4O2S. The number of benzene rings is 1. The van der Waals surface area contributed by atoms with Gasteiger partial charge < -0.3 is 10.2 Å². The standard InChI is InChI=1S/C17H20N4O2S/c1-10(2)16-19-20-17(24-16)18-15(23)12-8-14(22)21(9-12)13-7-5-4-6-11(13)3/h4-7,10,12H,8-9H2,1-3H3,(H,18,20,23)/t12-/m0/s1. The van der Waals surface area contributed by atoms with Crippen LogP contribution in [0.15, 0.2) is 24.3 Å². The van der Waals surface area contributed by atoms with Crippen molar-refractivity contribution in [3.05, 3.63) is 34.8 Å². The first-order chi connectivity index (χ1) is 11.5. The van der Waals surface area contributed by atoms with Crippen molar-refractivity contribution in [2.45, 2.75) is 33.1 Å². The van der Waals surface area contributed by atoms with Gasteiger partial charge in [-0.1, -0.05) is 43.4 Å². The highest BCUT2D eigenvalue weighted by Crippen LogP contribution is 2.29. The Hall–Kier alpha value is -2.28. The van der Waals surface area contributed by atoms with Gasteiger partial charge in [0.1, 0.15) is 5.01 Å². The van der Waals surface area contributed by atoms with Crippen LogP contribution in [0, 0.1) is 12.8 Å². The quantitative estimate of drug-likeness (QED) is 0.925. The van der Waals surface area contributed by atoms with E-state index in [0.717, 1.165) is 16.3 Å². The third-order valence-electron chi connectivity index (χ3n) is 4.07. The van der Waals surface area contributed by atoms with Crippen LogP contribution in [0.5, 0.6) is 0 Å². The molecule has 0 saturated carbocycles. The molecular weight excluding hydrogens is 324 g/mol. The maximum absolute atomic E-state index is 12.5. The predicted octanol–water partition coefficient (Wildman–Crippen LogP) is 2.96. The van der Waals surface area contributed by atoms with Crippen molar-refractivity contribution in [3.8, 4) is 0 Å². The van der Waals surface area contributed by atoms with Gasteiger partial charge in [0.2, 0.25) is 16.9 Å². The maximum atomic E-state index is 12.5. The first kappa shape index (κ1) is 16.6. The predicted molar refractivity (Wildman–Crippen MR) is 94.3 cm³/mol. The van der Waals surface area contributed by atoms with E-state index in [9.17, 15) is 9.59 Å². The SMILES string of the molecule is Cc1ccccc1N1C[C@@H](C(=O)Nc2nnc(C(C)C)s2)CC1=O. The summed E-state index contributed by atoms with van der Waals surface area (Å²) < 4.78 is 0. The molecule has 3 rings (SSSR count). The van der Waals surface area contributed by atoms with Gasteiger partial charge in [-0.2, -0.15) is 0 Å². The molecule has 1 fully saturated rings. The van der Waals surface area contributed by atoms with Crippen LogP contribution < -0.4 is 10.2 Å². The van der Waals surface area contributed by atoms with Crippen LogP contribution in [0.2, 0.25) is 0 Å². The lowest BCUT2D eigenvalue weighted by Gasteiger charge is -2.18. The van der Waals surface area contributed by atoms with Crippen LogP contribution in [0.4, 0.5) is 10.8 Å². The Kier molecular flexibility index (Phi) is 4.62. The van der Waals surface area contributed by atoms with Gasteiger partial charge in [-0.25, -0.2) is 0 Å². The monoisotopic (exact) mass is 344 g/mol. The van der Waals surface area contributed by atoms with E-state index in [-0.39, 0.29) is 30.1 Å². The number of nitrogens with zero attached hydrogens (tertiary/aromatic N) is 3. The fourth-order valence-corrected chi connectivity index (χ4v) is 3.46. The Morgan fingerprint density at radius 2 is 2.08 bits per heavy atom. The van der Waals surface area contributed by atoms with Crippen LogP contribution in [-0.2, 0) is 9.59 Å². The van der Waals surface area contributed by atoms with E-state index in [1.54, 1.807) is 4.90 Å². The number of hydrogen-bond acceptors (Lipinski definition) is 5. The lowest BCUT2D eigenvalue weighted by Crippen LogP contribution is -2.28. The number of nitrogens with one attached hydrogen (secondary N) is 1. The average Bonchev–Trinajstić information content (AvgIpc) is 3.15. The van der Waals surface area contributed by atoms with E-state index in [0.29, 0.717) is 11.7 Å². The molecule has 0 unspecified atom stereocenters. The molecule has 0 bridgehead atoms. The number of anilines is 2. The molecule has 2 heterocycles. The van der Waals surface area contributed by atoms with E-state index in [1.165, 1.54) is 11.3 Å². The molecule has 1 N–H and O–H groups in total. The fraction of sp³-hybridized carbons (Fsp3) is 0.412. The zero-order chi connectivity index (χ0) is 17.3. The van der Waals surface area contributed by atoms with E-state index < -0.39 is 0 Å². The number of carbonyl (C=O) groups is 2. The molecule has 2 aromatic rings. The van der Waals surface area contributed by atoms with Crippen molar-refractivity contribution in [1.29, 1.82) is 0 Å². The van der Waals surface area contributed by atoms with E-state index in [4.69, 9.17) is 0 Å². The summed E-state index contributed by atoms with van der Waals surface area (Å²) in [7, 11) is 0. The topological polar surface area (TPSA) is 75.2 Å². The summed E-state index contributed by atoms with van der Waals surface area (Å²) in [6.45, 7) is 6.42. The smallest absolute Gasteiger partial charge is 0.231 e. The Balaban J connectivity index is 1.68. The molecule has 1 aromatic carbocycles. The highest BCUT2D eigenvalue weighted by molar-refractivity contribution is 7.15. The Bertz CT molecular complexity index is 771. The lowest BCUT2D eigenvalue weighted by molar-refractivity contribution is -0.122. The second kappa shape index (κ2) is 6.68. The molecule has 7 heteroatoms. The van der Waals surface area contributed by atoms with E-state index in [1.807, 2.05) is 45.0 Å². The van der Waals surface area contributed by atoms with Gasteiger partial charge in [0.05, 0.1) is 5.92 Å². The van der Waals surface area contributed by atoms with Gasteiger partial charge in [-0.3, -0.25) is 9.59 Å². The summed E-state index contributed by atoms with van der Waals surface area (Å²) in [5, 5.41) is 12.2. The maximum Gasteiger partial charge on any atom is 0.231 e. The molecule has 1 aromatic heterocycles. The molecule has 1 saturated heterocycles. The number of aromatic nitrogens is 2. The number of rotatable bonds is 4. The Morgan fingerprint density at radius 3 is 2.75 bits per heavy atom. The van der Waals surface area contributed by atoms with E-state index >= 15 is 0 Å². The first-order valence-corrected chi connectivity index (χ1v) is 8.77. The van der Waals surface area contributed by atoms with Gasteiger partial charge in [0, 0.05) is 24.6 Å². The summed E-state index contributed by atoms with van der Waals surface area (Å²) in [5.41, 5.74) is 1.90. The summed E-state index contributed by atoms with van der Waals surface area (Å²) in [6.07, 6.45) is 0.218. The Labute approximate surface area is 144 Å². The minimum Gasteiger partial charge on any atom is -0.311 e. The Morgan fingerprint density at radius 1 is 1.33 bits per heavy atom. The van der Waals surface area contributed by atoms with Crippen molar-refractivity contribution in [2.24, 2.45) is 5.92 Å². The zero-order valence-electron chi connectivity index (χ0n) is 13.9. The van der Waals surface area contributed by atoms with Gasteiger partial charge in [0.15, 0.2) is 0 Å². The van der Waals surface area contributed by atoms with Crippen LogP contribution in [0.25, 0.3) is 0 Å². The number of carbonyl (C=O) groups excluding carboxylic acids is 2. The molecule has 1 aliphatic rings. The van der Waals surface area contributed by atoms with Crippen molar-refractivity contribution in [1.82, 2.24) is 10.2 Å². The second-order valence-electron chi connectivity index (χ2n) is 6.28. The van der Waals surface area contributed by atoms with Gasteiger partial charge in [0.25, 0.3) is 0 Å². The van der Waals surface area contributed by atoms with Crippen LogP contribution in [0.3, 0.4) is 0 Å². The number of amides is 2. The van der Waals surface area contributed by atoms with Crippen molar-refractivity contribution >= 4 is 34.0 Å². The normalized spacial score (nSPS) is 17.6. The lowest BCUT2D eigenvalue weighted by atomic mass is 10.1. The molecule has 6 nitrogen and oxygen atoms in total. The highest BCUT2D eigenvalue weighted by Gasteiger charge is 2.36. The molecule has 0 radical (unpaired) electrons. The molecule has 2 amide bonds.